The second kappa shape index (κ2) is 8.32. The van der Waals surface area contributed by atoms with Crippen LogP contribution in [-0.4, -0.2) is 41.4 Å². The first-order valence-electron chi connectivity index (χ1n) is 9.06. The topological polar surface area (TPSA) is 69.5 Å². The Bertz CT molecular complexity index is 1070. The third kappa shape index (κ3) is 4.07. The zero-order valence-electron chi connectivity index (χ0n) is 16.1. The van der Waals surface area contributed by atoms with Gasteiger partial charge in [0.25, 0.3) is 5.91 Å². The maximum atomic E-state index is 13.5. The Hall–Kier alpha value is -3.39. The number of thiazole rings is 1. The van der Waals surface area contributed by atoms with E-state index in [4.69, 9.17) is 9.47 Å². The van der Waals surface area contributed by atoms with Crippen molar-refractivity contribution in [1.29, 1.82) is 0 Å². The van der Waals surface area contributed by atoms with Crippen LogP contribution >= 0.6 is 11.3 Å². The van der Waals surface area contributed by atoms with Crippen molar-refractivity contribution in [2.24, 2.45) is 0 Å². The van der Waals surface area contributed by atoms with Crippen LogP contribution in [0.1, 0.15) is 10.4 Å². The van der Waals surface area contributed by atoms with E-state index in [1.165, 1.54) is 11.3 Å². The molecule has 0 unspecified atom stereocenters. The van der Waals surface area contributed by atoms with Crippen LogP contribution in [0.4, 0.5) is 5.13 Å². The van der Waals surface area contributed by atoms with Gasteiger partial charge in [-0.25, -0.2) is 4.98 Å². The Balaban J connectivity index is 1.71. The highest BCUT2D eigenvalue weighted by Crippen LogP contribution is 2.31. The van der Waals surface area contributed by atoms with Gasteiger partial charge >= 0.3 is 0 Å². The van der Waals surface area contributed by atoms with Gasteiger partial charge in [-0.2, -0.15) is 5.10 Å². The lowest BCUT2D eigenvalue weighted by molar-refractivity contribution is 0.0985. The first-order chi connectivity index (χ1) is 14.2. The van der Waals surface area contributed by atoms with Gasteiger partial charge < -0.3 is 9.47 Å². The lowest BCUT2D eigenvalue weighted by atomic mass is 10.1. The van der Waals surface area contributed by atoms with E-state index in [1.54, 1.807) is 48.2 Å². The fraction of sp³-hybridized carbons (Fsp3) is 0.190. The molecule has 0 aliphatic rings. The van der Waals surface area contributed by atoms with Gasteiger partial charge in [0.15, 0.2) is 5.13 Å². The van der Waals surface area contributed by atoms with E-state index in [-0.39, 0.29) is 5.91 Å². The number of fused-ring (bicyclic) bond motifs is 1. The van der Waals surface area contributed by atoms with Crippen molar-refractivity contribution < 1.29 is 14.3 Å². The molecule has 0 bridgehead atoms. The molecule has 0 aliphatic carbocycles. The molecule has 0 saturated carbocycles. The summed E-state index contributed by atoms with van der Waals surface area (Å²) in [6, 6.07) is 14.9. The summed E-state index contributed by atoms with van der Waals surface area (Å²) in [5, 5.41) is 4.88. The molecule has 2 heterocycles. The predicted octanol–water partition coefficient (Wildman–Crippen LogP) is 3.86. The molecular weight excluding hydrogens is 388 g/mol. The molecule has 0 radical (unpaired) electrons. The van der Waals surface area contributed by atoms with Gasteiger partial charge in [-0.3, -0.25) is 14.4 Å². The molecule has 148 valence electrons. The van der Waals surface area contributed by atoms with E-state index >= 15 is 0 Å². The Morgan fingerprint density at radius 3 is 2.52 bits per heavy atom. The minimum atomic E-state index is -0.173. The van der Waals surface area contributed by atoms with Crippen LogP contribution in [0, 0.1) is 0 Å². The highest BCUT2D eigenvalue weighted by atomic mass is 32.1. The van der Waals surface area contributed by atoms with Crippen LogP contribution in [-0.2, 0) is 6.54 Å². The average molecular weight is 408 g/mol. The Morgan fingerprint density at radius 1 is 1.10 bits per heavy atom. The monoisotopic (exact) mass is 408 g/mol. The number of ether oxygens (including phenoxy) is 2. The van der Waals surface area contributed by atoms with E-state index in [2.05, 4.69) is 10.1 Å². The summed E-state index contributed by atoms with van der Waals surface area (Å²) in [5.41, 5.74) is 1.34. The third-order valence-corrected chi connectivity index (χ3v) is 5.53. The normalized spacial score (nSPS) is 10.8. The number of carbonyl (C=O) groups is 1. The summed E-state index contributed by atoms with van der Waals surface area (Å²) in [7, 11) is 3.12. The fourth-order valence-electron chi connectivity index (χ4n) is 2.98. The fourth-order valence-corrected chi connectivity index (χ4v) is 3.97. The van der Waals surface area contributed by atoms with E-state index in [0.717, 1.165) is 10.2 Å². The van der Waals surface area contributed by atoms with Gasteiger partial charge in [-0.15, -0.1) is 0 Å². The van der Waals surface area contributed by atoms with Crippen LogP contribution in [0.15, 0.2) is 60.9 Å². The van der Waals surface area contributed by atoms with Gasteiger partial charge in [0.1, 0.15) is 11.5 Å². The lowest BCUT2D eigenvalue weighted by Crippen LogP contribution is -2.34. The second-order valence-corrected chi connectivity index (χ2v) is 7.30. The van der Waals surface area contributed by atoms with Crippen molar-refractivity contribution >= 4 is 32.6 Å². The molecule has 4 rings (SSSR count). The number of rotatable bonds is 7. The zero-order valence-corrected chi connectivity index (χ0v) is 16.9. The molecule has 0 N–H and O–H groups in total. The molecule has 2 aromatic carbocycles. The average Bonchev–Trinajstić information content (AvgIpc) is 3.43. The van der Waals surface area contributed by atoms with E-state index < -0.39 is 0 Å². The first-order valence-corrected chi connectivity index (χ1v) is 9.87. The van der Waals surface area contributed by atoms with E-state index in [0.29, 0.717) is 35.3 Å². The number of benzene rings is 2. The third-order valence-electron chi connectivity index (χ3n) is 4.47. The van der Waals surface area contributed by atoms with Gasteiger partial charge in [-0.05, 0) is 30.3 Å². The number of para-hydroxylation sites is 1. The number of carbonyl (C=O) groups excluding carboxylic acids is 1. The minimum absolute atomic E-state index is 0.173. The van der Waals surface area contributed by atoms with Crippen LogP contribution < -0.4 is 14.4 Å². The second-order valence-electron chi connectivity index (χ2n) is 6.29. The Kier molecular flexibility index (Phi) is 5.44. The number of nitrogens with zero attached hydrogens (tertiary/aromatic N) is 4. The summed E-state index contributed by atoms with van der Waals surface area (Å²) in [5.74, 6) is 0.946. The molecule has 0 aliphatic heterocycles. The van der Waals surface area contributed by atoms with Crippen molar-refractivity contribution in [3.8, 4) is 11.5 Å². The highest BCUT2D eigenvalue weighted by Gasteiger charge is 2.22. The standard InChI is InChI=1S/C21H20N4O3S/c1-27-16-12-15(13-17(14-16)28-2)20(26)25(11-10-24-9-5-8-22-24)21-23-18-6-3-4-7-19(18)29-21/h3-9,12-14H,10-11H2,1-2H3. The molecule has 8 heteroatoms. The Labute approximate surface area is 172 Å². The molecule has 1 amide bonds. The van der Waals surface area contributed by atoms with Crippen molar-refractivity contribution in [2.75, 3.05) is 25.7 Å². The van der Waals surface area contributed by atoms with Crippen LogP contribution in [0.3, 0.4) is 0 Å². The van der Waals surface area contributed by atoms with Crippen LogP contribution in [0.25, 0.3) is 10.2 Å². The van der Waals surface area contributed by atoms with Crippen molar-refractivity contribution in [2.45, 2.75) is 6.54 Å². The van der Waals surface area contributed by atoms with E-state index in [1.807, 2.05) is 36.5 Å². The number of hydrogen-bond donors (Lipinski definition) is 0. The van der Waals surface area contributed by atoms with Gasteiger partial charge in [-0.1, -0.05) is 23.5 Å². The van der Waals surface area contributed by atoms with Gasteiger partial charge in [0, 0.05) is 30.6 Å². The number of amides is 1. The predicted molar refractivity (Wildman–Crippen MR) is 113 cm³/mol. The zero-order chi connectivity index (χ0) is 20.2. The quantitative estimate of drug-likeness (QED) is 0.464. The smallest absolute Gasteiger partial charge is 0.260 e. The molecule has 2 aromatic heterocycles. The summed E-state index contributed by atoms with van der Waals surface area (Å²) >= 11 is 1.49. The minimum Gasteiger partial charge on any atom is -0.497 e. The molecule has 0 spiro atoms. The largest absolute Gasteiger partial charge is 0.497 e. The molecule has 4 aromatic rings. The summed E-state index contributed by atoms with van der Waals surface area (Å²) in [4.78, 5) is 19.8. The van der Waals surface area contributed by atoms with Crippen molar-refractivity contribution in [3.05, 3.63) is 66.5 Å². The molecule has 0 saturated heterocycles. The summed E-state index contributed by atoms with van der Waals surface area (Å²) in [6.07, 6.45) is 3.59. The summed E-state index contributed by atoms with van der Waals surface area (Å²) < 4.78 is 13.5. The maximum Gasteiger partial charge on any atom is 0.260 e. The number of anilines is 1. The molecule has 0 fully saturated rings. The van der Waals surface area contributed by atoms with Crippen molar-refractivity contribution in [1.82, 2.24) is 14.8 Å². The maximum absolute atomic E-state index is 13.5. The SMILES string of the molecule is COc1cc(OC)cc(C(=O)N(CCn2cccn2)c2nc3ccccc3s2)c1. The highest BCUT2D eigenvalue weighted by molar-refractivity contribution is 7.22. The molecule has 0 atom stereocenters. The molecule has 29 heavy (non-hydrogen) atoms. The number of aromatic nitrogens is 3. The van der Waals surface area contributed by atoms with Gasteiger partial charge in [0.2, 0.25) is 0 Å². The number of hydrogen-bond acceptors (Lipinski definition) is 6. The van der Waals surface area contributed by atoms with E-state index in [9.17, 15) is 4.79 Å². The molecule has 7 nitrogen and oxygen atoms in total. The van der Waals surface area contributed by atoms with Crippen LogP contribution in [0.2, 0.25) is 0 Å². The Morgan fingerprint density at radius 2 is 1.86 bits per heavy atom. The van der Waals surface area contributed by atoms with Crippen molar-refractivity contribution in [3.63, 3.8) is 0 Å². The number of methoxy groups -OCH3 is 2. The summed E-state index contributed by atoms with van der Waals surface area (Å²) in [6.45, 7) is 0.982. The lowest BCUT2D eigenvalue weighted by Gasteiger charge is -2.20. The molecular formula is C21H20N4O3S. The first kappa shape index (κ1) is 18.9. The van der Waals surface area contributed by atoms with Gasteiger partial charge in [0.05, 0.1) is 31.0 Å². The van der Waals surface area contributed by atoms with Crippen LogP contribution in [0.5, 0.6) is 11.5 Å².